The number of unbranched alkanes of at least 4 members (excludes halogenated alkanes) is 3. The van der Waals surface area contributed by atoms with Crippen LogP contribution in [0, 0.1) is 0 Å². The molecule has 0 spiro atoms. The van der Waals surface area contributed by atoms with E-state index in [1.54, 1.807) is 0 Å². The van der Waals surface area contributed by atoms with Crippen LogP contribution < -0.4 is 5.73 Å². The quantitative estimate of drug-likeness (QED) is 0.349. The number of aldehydes is 1. The van der Waals surface area contributed by atoms with Gasteiger partial charge in [0.25, 0.3) is 0 Å². The normalized spacial score (nSPS) is 12.9. The molecule has 0 aromatic carbocycles. The van der Waals surface area contributed by atoms with Crippen molar-refractivity contribution in [3.63, 3.8) is 0 Å². The summed E-state index contributed by atoms with van der Waals surface area (Å²) in [6.45, 7) is 0. The van der Waals surface area contributed by atoms with E-state index in [0.717, 1.165) is 24.9 Å². The van der Waals surface area contributed by atoms with Crippen molar-refractivity contribution in [2.24, 2.45) is 5.73 Å². The molecule has 2 nitrogen and oxygen atoms in total. The predicted molar refractivity (Wildman–Crippen MR) is 51.0 cm³/mol. The Morgan fingerprint density at radius 3 is 2.45 bits per heavy atom. The summed E-state index contributed by atoms with van der Waals surface area (Å²) in [5, 5.41) is 0. The molecule has 66 valence electrons. The SMILES string of the molecule is NC(C=O)CCCCCCS. The number of carbonyl (C=O) groups is 1. The van der Waals surface area contributed by atoms with Crippen LogP contribution in [0.2, 0.25) is 0 Å². The van der Waals surface area contributed by atoms with Gasteiger partial charge in [0.15, 0.2) is 0 Å². The first-order valence-corrected chi connectivity index (χ1v) is 4.76. The fraction of sp³-hybridized carbons (Fsp3) is 0.875. The van der Waals surface area contributed by atoms with Crippen LogP contribution in [0.15, 0.2) is 0 Å². The molecule has 0 aliphatic carbocycles. The highest BCUT2D eigenvalue weighted by Crippen LogP contribution is 2.04. The van der Waals surface area contributed by atoms with Crippen LogP contribution in [-0.2, 0) is 4.79 Å². The number of thiol groups is 1. The number of nitrogens with two attached hydrogens (primary N) is 1. The van der Waals surface area contributed by atoms with Crippen LogP contribution >= 0.6 is 12.6 Å². The van der Waals surface area contributed by atoms with Gasteiger partial charge in [-0.25, -0.2) is 0 Å². The van der Waals surface area contributed by atoms with Gasteiger partial charge in [-0.05, 0) is 18.6 Å². The highest BCUT2D eigenvalue weighted by molar-refractivity contribution is 7.80. The number of hydrogen-bond donors (Lipinski definition) is 2. The summed E-state index contributed by atoms with van der Waals surface area (Å²) >= 11 is 4.10. The molecule has 0 saturated carbocycles. The molecule has 11 heavy (non-hydrogen) atoms. The molecule has 0 radical (unpaired) electrons. The van der Waals surface area contributed by atoms with Gasteiger partial charge in [0.2, 0.25) is 0 Å². The molecule has 1 atom stereocenters. The van der Waals surface area contributed by atoms with E-state index in [2.05, 4.69) is 12.6 Å². The lowest BCUT2D eigenvalue weighted by atomic mass is 10.1. The monoisotopic (exact) mass is 175 g/mol. The molecule has 0 aromatic heterocycles. The largest absolute Gasteiger partial charge is 0.322 e. The van der Waals surface area contributed by atoms with Crippen LogP contribution in [-0.4, -0.2) is 18.1 Å². The van der Waals surface area contributed by atoms with Gasteiger partial charge in [0.1, 0.15) is 6.29 Å². The Bertz CT molecular complexity index is 98.1. The fourth-order valence-corrected chi connectivity index (χ4v) is 1.14. The molecule has 0 fully saturated rings. The Kier molecular flexibility index (Phi) is 8.07. The molecule has 3 heteroatoms. The molecule has 0 aromatic rings. The van der Waals surface area contributed by atoms with Crippen molar-refractivity contribution in [3.8, 4) is 0 Å². The second kappa shape index (κ2) is 8.08. The summed E-state index contributed by atoms with van der Waals surface area (Å²) in [6.07, 6.45) is 6.25. The van der Waals surface area contributed by atoms with E-state index in [4.69, 9.17) is 5.73 Å². The molecule has 0 aliphatic heterocycles. The van der Waals surface area contributed by atoms with Gasteiger partial charge in [-0.15, -0.1) is 0 Å². The number of carbonyl (C=O) groups excluding carboxylic acids is 1. The van der Waals surface area contributed by atoms with Crippen LogP contribution in [0.25, 0.3) is 0 Å². The van der Waals surface area contributed by atoms with Crippen molar-refractivity contribution in [1.82, 2.24) is 0 Å². The highest BCUT2D eigenvalue weighted by Gasteiger charge is 1.97. The maximum atomic E-state index is 10.1. The van der Waals surface area contributed by atoms with E-state index >= 15 is 0 Å². The Morgan fingerprint density at radius 2 is 1.91 bits per heavy atom. The molecule has 2 N–H and O–H groups in total. The van der Waals surface area contributed by atoms with E-state index in [1.165, 1.54) is 19.3 Å². The molecule has 0 bridgehead atoms. The van der Waals surface area contributed by atoms with Crippen molar-refractivity contribution >= 4 is 18.9 Å². The summed E-state index contributed by atoms with van der Waals surface area (Å²) in [5.74, 6) is 0.958. The smallest absolute Gasteiger partial charge is 0.136 e. The van der Waals surface area contributed by atoms with E-state index in [9.17, 15) is 4.79 Å². The molecule has 0 aliphatic rings. The fourth-order valence-electron chi connectivity index (χ4n) is 0.913. The van der Waals surface area contributed by atoms with Crippen molar-refractivity contribution < 1.29 is 4.79 Å². The zero-order valence-electron chi connectivity index (χ0n) is 6.83. The first kappa shape index (κ1) is 11.0. The minimum absolute atomic E-state index is 0.244. The third kappa shape index (κ3) is 7.88. The second-order valence-corrected chi connectivity index (χ2v) is 3.17. The first-order valence-electron chi connectivity index (χ1n) is 4.13. The minimum Gasteiger partial charge on any atom is -0.322 e. The Labute approximate surface area is 74.0 Å². The van der Waals surface area contributed by atoms with Crippen molar-refractivity contribution in [2.45, 2.75) is 38.1 Å². The van der Waals surface area contributed by atoms with Gasteiger partial charge >= 0.3 is 0 Å². The standard InChI is InChI=1S/C8H17NOS/c9-8(7-10)5-3-1-2-4-6-11/h7-8,11H,1-6,9H2. The third-order valence-electron chi connectivity index (χ3n) is 1.62. The molecular formula is C8H17NOS. The van der Waals surface area contributed by atoms with E-state index in [-0.39, 0.29) is 6.04 Å². The molecule has 1 unspecified atom stereocenters. The minimum atomic E-state index is -0.244. The Hall–Kier alpha value is -0.0200. The molecule has 0 rings (SSSR count). The van der Waals surface area contributed by atoms with Gasteiger partial charge in [-0.2, -0.15) is 12.6 Å². The van der Waals surface area contributed by atoms with Crippen LogP contribution in [0.4, 0.5) is 0 Å². The summed E-state index contributed by atoms with van der Waals surface area (Å²) in [5.41, 5.74) is 5.40. The van der Waals surface area contributed by atoms with Crippen molar-refractivity contribution in [1.29, 1.82) is 0 Å². The number of hydrogen-bond acceptors (Lipinski definition) is 3. The van der Waals surface area contributed by atoms with E-state index < -0.39 is 0 Å². The molecular weight excluding hydrogens is 158 g/mol. The predicted octanol–water partition coefficient (Wildman–Crippen LogP) is 1.39. The average molecular weight is 175 g/mol. The Morgan fingerprint density at radius 1 is 1.27 bits per heavy atom. The summed E-state index contributed by atoms with van der Waals surface area (Å²) < 4.78 is 0. The number of rotatable bonds is 7. The summed E-state index contributed by atoms with van der Waals surface area (Å²) in [7, 11) is 0. The maximum absolute atomic E-state index is 10.1. The van der Waals surface area contributed by atoms with Gasteiger partial charge in [-0.3, -0.25) is 0 Å². The van der Waals surface area contributed by atoms with E-state index in [0.29, 0.717) is 0 Å². The average Bonchev–Trinajstić information content (AvgIpc) is 2.04. The lowest BCUT2D eigenvalue weighted by molar-refractivity contribution is -0.109. The van der Waals surface area contributed by atoms with Crippen molar-refractivity contribution in [3.05, 3.63) is 0 Å². The lowest BCUT2D eigenvalue weighted by Crippen LogP contribution is -2.20. The first-order chi connectivity index (χ1) is 5.31. The van der Waals surface area contributed by atoms with Crippen molar-refractivity contribution in [2.75, 3.05) is 5.75 Å². The Balaban J connectivity index is 2.95. The van der Waals surface area contributed by atoms with Gasteiger partial charge in [-0.1, -0.05) is 19.3 Å². The van der Waals surface area contributed by atoms with Crippen LogP contribution in [0.1, 0.15) is 32.1 Å². The third-order valence-corrected chi connectivity index (χ3v) is 1.94. The van der Waals surface area contributed by atoms with Gasteiger partial charge < -0.3 is 10.5 Å². The molecule has 0 saturated heterocycles. The van der Waals surface area contributed by atoms with Gasteiger partial charge in [0.05, 0.1) is 6.04 Å². The summed E-state index contributed by atoms with van der Waals surface area (Å²) in [6, 6.07) is -0.244. The van der Waals surface area contributed by atoms with Crippen LogP contribution in [0.3, 0.4) is 0 Å². The molecule has 0 amide bonds. The zero-order chi connectivity index (χ0) is 8.53. The summed E-state index contributed by atoms with van der Waals surface area (Å²) in [4.78, 5) is 10.1. The lowest BCUT2D eigenvalue weighted by Gasteiger charge is -2.02. The molecule has 0 heterocycles. The zero-order valence-corrected chi connectivity index (χ0v) is 7.72. The topological polar surface area (TPSA) is 43.1 Å². The highest BCUT2D eigenvalue weighted by atomic mass is 32.1. The maximum Gasteiger partial charge on any atom is 0.136 e. The van der Waals surface area contributed by atoms with Gasteiger partial charge in [0, 0.05) is 0 Å². The van der Waals surface area contributed by atoms with E-state index in [1.807, 2.05) is 0 Å². The van der Waals surface area contributed by atoms with Crippen LogP contribution in [0.5, 0.6) is 0 Å². The second-order valence-electron chi connectivity index (χ2n) is 2.73.